The lowest BCUT2D eigenvalue weighted by atomic mass is 10.0. The van der Waals surface area contributed by atoms with Crippen molar-refractivity contribution in [1.29, 1.82) is 5.26 Å². The van der Waals surface area contributed by atoms with Crippen LogP contribution in [-0.2, 0) is 7.05 Å². The van der Waals surface area contributed by atoms with Crippen LogP contribution in [0.25, 0.3) is 22.2 Å². The summed E-state index contributed by atoms with van der Waals surface area (Å²) in [5, 5.41) is 10.5. The lowest BCUT2D eigenvalue weighted by Crippen LogP contribution is -1.86. The fraction of sp³-hybridized carbons (Fsp3) is 0.0667. The first kappa shape index (κ1) is 11.8. The number of hydrogen-bond donors (Lipinski definition) is 0. The average Bonchev–Trinajstić information content (AvgIpc) is 2.78. The number of hydrogen-bond acceptors (Lipinski definition) is 2. The summed E-state index contributed by atoms with van der Waals surface area (Å²) in [5.74, 6) is 0. The van der Waals surface area contributed by atoms with Gasteiger partial charge in [0.15, 0.2) is 0 Å². The third-order valence-corrected chi connectivity index (χ3v) is 3.45. The Hall–Kier alpha value is -2.31. The number of rotatable bonds is 1. The molecule has 3 aromatic rings. The van der Waals surface area contributed by atoms with Gasteiger partial charge in [0.05, 0.1) is 16.7 Å². The zero-order valence-electron chi connectivity index (χ0n) is 10.3. The minimum absolute atomic E-state index is 0.646. The highest BCUT2D eigenvalue weighted by Crippen LogP contribution is 2.33. The predicted molar refractivity (Wildman–Crippen MR) is 75.9 cm³/mol. The molecule has 0 aliphatic rings. The van der Waals surface area contributed by atoms with Crippen LogP contribution in [0.2, 0.25) is 5.02 Å². The summed E-state index contributed by atoms with van der Waals surface area (Å²) in [6.07, 6.45) is 3.71. The van der Waals surface area contributed by atoms with Crippen molar-refractivity contribution < 1.29 is 0 Å². The Bertz CT molecular complexity index is 795. The molecule has 19 heavy (non-hydrogen) atoms. The van der Waals surface area contributed by atoms with Crippen LogP contribution in [0, 0.1) is 11.3 Å². The fourth-order valence-electron chi connectivity index (χ4n) is 2.21. The minimum Gasteiger partial charge on any atom is -0.335 e. The normalized spacial score (nSPS) is 10.6. The van der Waals surface area contributed by atoms with Gasteiger partial charge in [-0.15, -0.1) is 0 Å². The summed E-state index contributed by atoms with van der Waals surface area (Å²) in [6.45, 7) is 0. The van der Waals surface area contributed by atoms with Crippen molar-refractivity contribution in [2.75, 3.05) is 0 Å². The van der Waals surface area contributed by atoms with Gasteiger partial charge in [-0.2, -0.15) is 5.26 Å². The van der Waals surface area contributed by atoms with Crippen LogP contribution in [-0.4, -0.2) is 9.55 Å². The van der Waals surface area contributed by atoms with Crippen LogP contribution >= 0.6 is 11.6 Å². The van der Waals surface area contributed by atoms with E-state index in [1.54, 1.807) is 24.4 Å². The van der Waals surface area contributed by atoms with Crippen LogP contribution in [0.1, 0.15) is 5.56 Å². The molecule has 0 amide bonds. The van der Waals surface area contributed by atoms with E-state index >= 15 is 0 Å². The number of nitrogens with zero attached hydrogens (tertiary/aromatic N) is 3. The molecule has 0 N–H and O–H groups in total. The molecular formula is C15H10ClN3. The number of aryl methyl sites for hydroxylation is 1. The smallest absolute Gasteiger partial charge is 0.141 e. The maximum absolute atomic E-state index is 8.83. The molecule has 0 saturated carbocycles. The summed E-state index contributed by atoms with van der Waals surface area (Å²) in [4.78, 5) is 4.35. The summed E-state index contributed by atoms with van der Waals surface area (Å²) < 4.78 is 1.95. The third-order valence-electron chi connectivity index (χ3n) is 3.13. The van der Waals surface area contributed by atoms with E-state index in [-0.39, 0.29) is 0 Å². The second-order valence-electron chi connectivity index (χ2n) is 4.33. The van der Waals surface area contributed by atoms with Gasteiger partial charge >= 0.3 is 0 Å². The van der Waals surface area contributed by atoms with Crippen LogP contribution in [0.4, 0.5) is 0 Å². The van der Waals surface area contributed by atoms with Crippen LogP contribution in [0.5, 0.6) is 0 Å². The van der Waals surface area contributed by atoms with Crippen LogP contribution in [0.15, 0.2) is 42.7 Å². The molecule has 0 aliphatic carbocycles. The highest BCUT2D eigenvalue weighted by Gasteiger charge is 2.12. The molecule has 0 bridgehead atoms. The van der Waals surface area contributed by atoms with Crippen molar-refractivity contribution in [3.63, 3.8) is 0 Å². The van der Waals surface area contributed by atoms with E-state index in [0.717, 1.165) is 22.2 Å². The summed E-state index contributed by atoms with van der Waals surface area (Å²) in [5.41, 5.74) is 3.56. The molecule has 0 atom stereocenters. The number of halogens is 1. The van der Waals surface area contributed by atoms with Crippen LogP contribution in [0.3, 0.4) is 0 Å². The highest BCUT2D eigenvalue weighted by atomic mass is 35.5. The van der Waals surface area contributed by atoms with E-state index in [1.165, 1.54) is 0 Å². The zero-order valence-corrected chi connectivity index (χ0v) is 11.0. The zero-order chi connectivity index (χ0) is 13.4. The molecular weight excluding hydrogens is 258 g/mol. The fourth-order valence-corrected chi connectivity index (χ4v) is 2.45. The average molecular weight is 268 g/mol. The van der Waals surface area contributed by atoms with Crippen molar-refractivity contribution in [2.24, 2.45) is 7.05 Å². The van der Waals surface area contributed by atoms with E-state index < -0.39 is 0 Å². The first-order chi connectivity index (χ1) is 9.20. The maximum atomic E-state index is 8.83. The molecule has 3 nitrogen and oxygen atoms in total. The van der Waals surface area contributed by atoms with Crippen molar-refractivity contribution in [3.8, 4) is 17.2 Å². The summed E-state index contributed by atoms with van der Waals surface area (Å²) in [6, 6.07) is 11.4. The Morgan fingerprint density at radius 1 is 1.21 bits per heavy atom. The molecule has 3 rings (SSSR count). The highest BCUT2D eigenvalue weighted by molar-refractivity contribution is 6.36. The molecule has 0 fully saturated rings. The largest absolute Gasteiger partial charge is 0.335 e. The molecule has 4 heteroatoms. The summed E-state index contributed by atoms with van der Waals surface area (Å²) >= 11 is 6.28. The molecule has 0 aliphatic heterocycles. The second-order valence-corrected chi connectivity index (χ2v) is 4.74. The SMILES string of the molecule is Cn1cc(-c2ccc(C#N)cc2)c2c(Cl)ccnc21. The monoisotopic (exact) mass is 267 g/mol. The quantitative estimate of drug-likeness (QED) is 0.673. The van der Waals surface area contributed by atoms with Crippen molar-refractivity contribution >= 4 is 22.6 Å². The van der Waals surface area contributed by atoms with Gasteiger partial charge in [-0.25, -0.2) is 4.98 Å². The molecule has 1 aromatic carbocycles. The van der Waals surface area contributed by atoms with Gasteiger partial charge in [0, 0.05) is 30.4 Å². The first-order valence-corrected chi connectivity index (χ1v) is 6.18. The van der Waals surface area contributed by atoms with Crippen molar-refractivity contribution in [1.82, 2.24) is 9.55 Å². The third kappa shape index (κ3) is 1.87. The van der Waals surface area contributed by atoms with E-state index in [4.69, 9.17) is 16.9 Å². The van der Waals surface area contributed by atoms with E-state index in [9.17, 15) is 0 Å². The second kappa shape index (κ2) is 4.42. The lowest BCUT2D eigenvalue weighted by molar-refractivity contribution is 0.949. The van der Waals surface area contributed by atoms with Crippen molar-refractivity contribution in [2.45, 2.75) is 0 Å². The van der Waals surface area contributed by atoms with E-state index in [2.05, 4.69) is 11.1 Å². The first-order valence-electron chi connectivity index (χ1n) is 5.81. The lowest BCUT2D eigenvalue weighted by Gasteiger charge is -2.00. The standard InChI is InChI=1S/C15H10ClN3/c1-19-9-12(11-4-2-10(8-17)3-5-11)14-13(16)6-7-18-15(14)19/h2-7,9H,1H3. The van der Waals surface area contributed by atoms with Crippen LogP contribution < -0.4 is 0 Å². The van der Waals surface area contributed by atoms with Gasteiger partial charge in [-0.3, -0.25) is 0 Å². The Kier molecular flexibility index (Phi) is 2.73. The molecule has 2 heterocycles. The van der Waals surface area contributed by atoms with E-state index in [0.29, 0.717) is 10.6 Å². The van der Waals surface area contributed by atoms with Gasteiger partial charge < -0.3 is 4.57 Å². The van der Waals surface area contributed by atoms with Gasteiger partial charge in [-0.1, -0.05) is 23.7 Å². The Labute approximate surface area is 115 Å². The molecule has 0 spiro atoms. The number of aromatic nitrogens is 2. The van der Waals surface area contributed by atoms with Gasteiger partial charge in [0.2, 0.25) is 0 Å². The van der Waals surface area contributed by atoms with Gasteiger partial charge in [-0.05, 0) is 23.8 Å². The molecule has 0 saturated heterocycles. The predicted octanol–water partition coefficient (Wildman–Crippen LogP) is 3.77. The molecule has 0 unspecified atom stereocenters. The van der Waals surface area contributed by atoms with Gasteiger partial charge in [0.25, 0.3) is 0 Å². The minimum atomic E-state index is 0.646. The van der Waals surface area contributed by atoms with E-state index in [1.807, 2.05) is 29.9 Å². The number of pyridine rings is 1. The summed E-state index contributed by atoms with van der Waals surface area (Å²) in [7, 11) is 1.94. The molecule has 92 valence electrons. The topological polar surface area (TPSA) is 41.6 Å². The molecule has 0 radical (unpaired) electrons. The maximum Gasteiger partial charge on any atom is 0.141 e. The Morgan fingerprint density at radius 3 is 2.63 bits per heavy atom. The molecule has 2 aromatic heterocycles. The number of nitriles is 1. The van der Waals surface area contributed by atoms with Crippen molar-refractivity contribution in [3.05, 3.63) is 53.3 Å². The number of benzene rings is 1. The Balaban J connectivity index is 2.28. The Morgan fingerprint density at radius 2 is 1.95 bits per heavy atom. The van der Waals surface area contributed by atoms with Gasteiger partial charge in [0.1, 0.15) is 5.65 Å². The number of fused-ring (bicyclic) bond motifs is 1.